The van der Waals surface area contributed by atoms with E-state index in [2.05, 4.69) is 24.0 Å². The van der Waals surface area contributed by atoms with Crippen LogP contribution < -0.4 is 15.2 Å². The second-order valence-corrected chi connectivity index (χ2v) is 5.56. The SMILES string of the molecule is COc1cc(CN2C(C)CCCC2CN)cc(OC)c1. The minimum atomic E-state index is 0.482. The van der Waals surface area contributed by atoms with Crippen LogP contribution in [0.1, 0.15) is 31.7 Å². The molecule has 1 aliphatic heterocycles. The van der Waals surface area contributed by atoms with Gasteiger partial charge in [-0.05, 0) is 37.5 Å². The highest BCUT2D eigenvalue weighted by Gasteiger charge is 2.26. The number of nitrogens with two attached hydrogens (primary N) is 1. The maximum Gasteiger partial charge on any atom is 0.122 e. The lowest BCUT2D eigenvalue weighted by molar-refractivity contribution is 0.0891. The highest BCUT2D eigenvalue weighted by Crippen LogP contribution is 2.28. The summed E-state index contributed by atoms with van der Waals surface area (Å²) >= 11 is 0. The third-order valence-electron chi connectivity index (χ3n) is 4.24. The molecule has 0 spiro atoms. The molecule has 0 bridgehead atoms. The van der Waals surface area contributed by atoms with Crippen molar-refractivity contribution in [3.63, 3.8) is 0 Å². The first kappa shape index (κ1) is 15.1. The molecule has 1 fully saturated rings. The predicted molar refractivity (Wildman–Crippen MR) is 81.2 cm³/mol. The van der Waals surface area contributed by atoms with Crippen LogP contribution in [-0.4, -0.2) is 37.7 Å². The first-order valence-electron chi connectivity index (χ1n) is 7.35. The quantitative estimate of drug-likeness (QED) is 0.898. The minimum absolute atomic E-state index is 0.482. The van der Waals surface area contributed by atoms with Gasteiger partial charge in [-0.25, -0.2) is 0 Å². The number of rotatable bonds is 5. The van der Waals surface area contributed by atoms with E-state index in [-0.39, 0.29) is 0 Å². The predicted octanol–water partition coefficient (Wildman–Crippen LogP) is 2.41. The van der Waals surface area contributed by atoms with E-state index >= 15 is 0 Å². The molecule has 2 N–H and O–H groups in total. The Bertz CT molecular complexity index is 414. The summed E-state index contributed by atoms with van der Waals surface area (Å²) in [5.74, 6) is 1.68. The van der Waals surface area contributed by atoms with Crippen molar-refractivity contribution in [2.45, 2.75) is 44.8 Å². The van der Waals surface area contributed by atoms with E-state index in [4.69, 9.17) is 15.2 Å². The van der Waals surface area contributed by atoms with Crippen LogP contribution in [0.4, 0.5) is 0 Å². The second kappa shape index (κ2) is 6.95. The van der Waals surface area contributed by atoms with Crippen LogP contribution in [0.2, 0.25) is 0 Å². The zero-order valence-electron chi connectivity index (χ0n) is 12.8. The van der Waals surface area contributed by atoms with Crippen molar-refractivity contribution in [1.29, 1.82) is 0 Å². The molecule has 2 atom stereocenters. The van der Waals surface area contributed by atoms with Gasteiger partial charge in [-0.2, -0.15) is 0 Å². The summed E-state index contributed by atoms with van der Waals surface area (Å²) in [5.41, 5.74) is 7.15. The molecule has 1 heterocycles. The van der Waals surface area contributed by atoms with E-state index < -0.39 is 0 Å². The third-order valence-corrected chi connectivity index (χ3v) is 4.24. The van der Waals surface area contributed by atoms with E-state index in [0.29, 0.717) is 12.1 Å². The normalized spacial score (nSPS) is 23.6. The van der Waals surface area contributed by atoms with Crippen molar-refractivity contribution >= 4 is 0 Å². The molecule has 0 radical (unpaired) electrons. The summed E-state index contributed by atoms with van der Waals surface area (Å²) in [6.45, 7) is 3.92. The molecular formula is C16H26N2O2. The van der Waals surface area contributed by atoms with Crippen molar-refractivity contribution in [3.05, 3.63) is 23.8 Å². The van der Waals surface area contributed by atoms with Crippen LogP contribution in [0.3, 0.4) is 0 Å². The Kier molecular flexibility index (Phi) is 5.26. The monoisotopic (exact) mass is 278 g/mol. The molecular weight excluding hydrogens is 252 g/mol. The van der Waals surface area contributed by atoms with Crippen molar-refractivity contribution < 1.29 is 9.47 Å². The van der Waals surface area contributed by atoms with Gasteiger partial charge in [-0.1, -0.05) is 6.42 Å². The van der Waals surface area contributed by atoms with Gasteiger partial charge in [0.2, 0.25) is 0 Å². The number of methoxy groups -OCH3 is 2. The van der Waals surface area contributed by atoms with E-state index in [1.807, 2.05) is 6.07 Å². The molecule has 2 rings (SSSR count). The summed E-state index contributed by atoms with van der Waals surface area (Å²) < 4.78 is 10.7. The van der Waals surface area contributed by atoms with Gasteiger partial charge in [0.1, 0.15) is 11.5 Å². The molecule has 1 aromatic carbocycles. The number of likely N-dealkylation sites (tertiary alicyclic amines) is 1. The molecule has 1 saturated heterocycles. The Morgan fingerprint density at radius 3 is 2.35 bits per heavy atom. The Hall–Kier alpha value is -1.26. The van der Waals surface area contributed by atoms with Crippen LogP contribution in [-0.2, 0) is 6.54 Å². The molecule has 2 unspecified atom stereocenters. The van der Waals surface area contributed by atoms with Crippen LogP contribution in [0.15, 0.2) is 18.2 Å². The van der Waals surface area contributed by atoms with E-state index in [1.54, 1.807) is 14.2 Å². The summed E-state index contributed by atoms with van der Waals surface area (Å²) in [6.07, 6.45) is 3.72. The molecule has 1 aromatic rings. The summed E-state index contributed by atoms with van der Waals surface area (Å²) in [5, 5.41) is 0. The van der Waals surface area contributed by atoms with Gasteiger partial charge in [0, 0.05) is 31.2 Å². The van der Waals surface area contributed by atoms with Gasteiger partial charge in [0.05, 0.1) is 14.2 Å². The van der Waals surface area contributed by atoms with Crippen molar-refractivity contribution in [2.75, 3.05) is 20.8 Å². The number of hydrogen-bond donors (Lipinski definition) is 1. The van der Waals surface area contributed by atoms with Gasteiger partial charge >= 0.3 is 0 Å². The van der Waals surface area contributed by atoms with Gasteiger partial charge < -0.3 is 15.2 Å². The maximum atomic E-state index is 5.93. The summed E-state index contributed by atoms with van der Waals surface area (Å²) in [6, 6.07) is 7.13. The van der Waals surface area contributed by atoms with Crippen LogP contribution in [0.5, 0.6) is 11.5 Å². The Morgan fingerprint density at radius 1 is 1.15 bits per heavy atom. The Balaban J connectivity index is 2.18. The molecule has 4 heteroatoms. The van der Waals surface area contributed by atoms with Crippen molar-refractivity contribution in [3.8, 4) is 11.5 Å². The van der Waals surface area contributed by atoms with E-state index in [1.165, 1.54) is 24.8 Å². The maximum absolute atomic E-state index is 5.93. The number of hydrogen-bond acceptors (Lipinski definition) is 4. The van der Waals surface area contributed by atoms with Gasteiger partial charge in [-0.3, -0.25) is 4.90 Å². The topological polar surface area (TPSA) is 47.7 Å². The average molecular weight is 278 g/mol. The molecule has 20 heavy (non-hydrogen) atoms. The van der Waals surface area contributed by atoms with Crippen LogP contribution >= 0.6 is 0 Å². The molecule has 1 aliphatic rings. The van der Waals surface area contributed by atoms with Gasteiger partial charge in [0.15, 0.2) is 0 Å². The fourth-order valence-electron chi connectivity index (χ4n) is 3.05. The molecule has 0 aromatic heterocycles. The summed E-state index contributed by atoms with van der Waals surface area (Å²) in [7, 11) is 3.37. The molecule has 0 aliphatic carbocycles. The minimum Gasteiger partial charge on any atom is -0.497 e. The van der Waals surface area contributed by atoms with E-state index in [9.17, 15) is 0 Å². The molecule has 4 nitrogen and oxygen atoms in total. The molecule has 0 saturated carbocycles. The summed E-state index contributed by atoms with van der Waals surface area (Å²) in [4.78, 5) is 2.51. The smallest absolute Gasteiger partial charge is 0.122 e. The van der Waals surface area contributed by atoms with Crippen molar-refractivity contribution in [2.24, 2.45) is 5.73 Å². The van der Waals surface area contributed by atoms with Crippen LogP contribution in [0.25, 0.3) is 0 Å². The average Bonchev–Trinajstić information content (AvgIpc) is 2.48. The number of nitrogens with zero attached hydrogens (tertiary/aromatic N) is 1. The fraction of sp³-hybridized carbons (Fsp3) is 0.625. The second-order valence-electron chi connectivity index (χ2n) is 5.56. The molecule has 0 amide bonds. The highest BCUT2D eigenvalue weighted by molar-refractivity contribution is 5.38. The zero-order valence-corrected chi connectivity index (χ0v) is 12.8. The highest BCUT2D eigenvalue weighted by atomic mass is 16.5. The molecule has 112 valence electrons. The third kappa shape index (κ3) is 3.44. The van der Waals surface area contributed by atoms with E-state index in [0.717, 1.165) is 24.6 Å². The van der Waals surface area contributed by atoms with Crippen LogP contribution in [0, 0.1) is 0 Å². The number of piperidine rings is 1. The number of ether oxygens (including phenoxy) is 2. The van der Waals surface area contributed by atoms with Crippen molar-refractivity contribution in [1.82, 2.24) is 4.90 Å². The largest absolute Gasteiger partial charge is 0.497 e. The standard InChI is InChI=1S/C16H26N2O2/c1-12-5-4-6-14(10-17)18(12)11-13-7-15(19-2)9-16(8-13)20-3/h7-9,12,14H,4-6,10-11,17H2,1-3H3. The Morgan fingerprint density at radius 2 is 1.80 bits per heavy atom. The first-order chi connectivity index (χ1) is 9.67. The van der Waals surface area contributed by atoms with Gasteiger partial charge in [-0.15, -0.1) is 0 Å². The first-order valence-corrected chi connectivity index (χ1v) is 7.35. The lowest BCUT2D eigenvalue weighted by atomic mass is 9.95. The zero-order chi connectivity index (χ0) is 14.5. The lowest BCUT2D eigenvalue weighted by Gasteiger charge is -2.40. The fourth-order valence-corrected chi connectivity index (χ4v) is 3.05. The van der Waals surface area contributed by atoms with Gasteiger partial charge in [0.25, 0.3) is 0 Å². The lowest BCUT2D eigenvalue weighted by Crippen LogP contribution is -2.48. The Labute approximate surface area is 121 Å². The number of benzene rings is 1.